The van der Waals surface area contributed by atoms with Crippen molar-refractivity contribution >= 4 is 23.6 Å². The van der Waals surface area contributed by atoms with Gasteiger partial charge in [0.1, 0.15) is 0 Å². The van der Waals surface area contributed by atoms with E-state index in [1.54, 1.807) is 0 Å². The van der Waals surface area contributed by atoms with Gasteiger partial charge in [0.05, 0.1) is 80.5 Å². The average molecular weight is 457 g/mol. The van der Waals surface area contributed by atoms with Crippen molar-refractivity contribution in [2.45, 2.75) is 38.5 Å². The molecule has 1 rings (SSSR count). The highest BCUT2D eigenvalue weighted by Gasteiger charge is 2.17. The summed E-state index contributed by atoms with van der Waals surface area (Å²) in [7, 11) is 8.21. The van der Waals surface area contributed by atoms with Crippen molar-refractivity contribution in [1.82, 2.24) is 21.3 Å². The Kier molecular flexibility index (Phi) is 12.2. The van der Waals surface area contributed by atoms with Crippen LogP contribution in [-0.2, 0) is 19.2 Å². The zero-order chi connectivity index (χ0) is 24.0. The number of amides is 4. The lowest BCUT2D eigenvalue weighted by Gasteiger charge is -2.30. The van der Waals surface area contributed by atoms with Gasteiger partial charge >= 0.3 is 0 Å². The largest absolute Gasteiger partial charge is 0.350 e. The molecule has 4 amide bonds. The monoisotopic (exact) mass is 456 g/mol. The number of hydrogen-bond donors (Lipinski definition) is 4. The van der Waals surface area contributed by atoms with E-state index >= 15 is 0 Å². The van der Waals surface area contributed by atoms with Crippen LogP contribution in [0.5, 0.6) is 0 Å². The number of hydrogen-bond acceptors (Lipinski definition) is 4. The molecule has 1 fully saturated rings. The first kappa shape index (κ1) is 27.8. The molecule has 32 heavy (non-hydrogen) atoms. The van der Waals surface area contributed by atoms with Crippen LogP contribution >= 0.6 is 0 Å². The van der Waals surface area contributed by atoms with Gasteiger partial charge in [-0.1, -0.05) is 0 Å². The molecular weight excluding hydrogens is 412 g/mol. The van der Waals surface area contributed by atoms with Crippen molar-refractivity contribution in [3.05, 3.63) is 0 Å². The molecule has 1 saturated heterocycles. The van der Waals surface area contributed by atoms with Crippen LogP contribution < -0.4 is 21.3 Å². The van der Waals surface area contributed by atoms with E-state index in [-0.39, 0.29) is 23.6 Å². The molecule has 0 aromatic rings. The first-order valence-corrected chi connectivity index (χ1v) is 11.7. The maximum absolute atomic E-state index is 12.0. The third-order valence-electron chi connectivity index (χ3n) is 5.77. The Hall–Kier alpha value is -2.20. The lowest BCUT2D eigenvalue weighted by molar-refractivity contribution is -0.887. The molecular formula is C22H44N6O4+2. The topological polar surface area (TPSA) is 116 Å². The number of likely N-dealkylation sites (N-methyl/N-ethyl adjacent to an activating group) is 2. The highest BCUT2D eigenvalue weighted by molar-refractivity contribution is 5.79. The second kappa shape index (κ2) is 14.1. The van der Waals surface area contributed by atoms with E-state index in [0.29, 0.717) is 73.7 Å². The Balaban J connectivity index is 2.55. The molecule has 0 unspecified atom stereocenters. The summed E-state index contributed by atoms with van der Waals surface area (Å²) in [5.41, 5.74) is 0. The first-order valence-electron chi connectivity index (χ1n) is 11.7. The van der Waals surface area contributed by atoms with Gasteiger partial charge in [0.15, 0.2) is 0 Å². The van der Waals surface area contributed by atoms with Gasteiger partial charge < -0.3 is 30.2 Å². The van der Waals surface area contributed by atoms with Crippen LogP contribution in [-0.4, -0.2) is 113 Å². The SMILES string of the molecule is C[N+]1(C)CCNC(=O)CCCC(=O)NCC[N+](C)(C)CCNC(=O)CCCC(=O)NCC1. The van der Waals surface area contributed by atoms with Crippen molar-refractivity contribution in [3.63, 3.8) is 0 Å². The molecule has 0 saturated carbocycles. The summed E-state index contributed by atoms with van der Waals surface area (Å²) in [6.07, 6.45) is 2.37. The molecule has 0 aromatic heterocycles. The van der Waals surface area contributed by atoms with Crippen LogP contribution in [0.1, 0.15) is 38.5 Å². The van der Waals surface area contributed by atoms with Crippen LogP contribution in [0, 0.1) is 0 Å². The molecule has 0 aliphatic carbocycles. The highest BCUT2D eigenvalue weighted by atomic mass is 16.2. The van der Waals surface area contributed by atoms with Crippen molar-refractivity contribution in [2.24, 2.45) is 0 Å². The third kappa shape index (κ3) is 14.0. The van der Waals surface area contributed by atoms with E-state index in [1.807, 2.05) is 0 Å². The minimum absolute atomic E-state index is 0.0413. The van der Waals surface area contributed by atoms with Crippen molar-refractivity contribution in [2.75, 3.05) is 80.5 Å². The predicted molar refractivity (Wildman–Crippen MR) is 123 cm³/mol. The van der Waals surface area contributed by atoms with Gasteiger partial charge in [0.2, 0.25) is 23.6 Å². The molecule has 0 spiro atoms. The van der Waals surface area contributed by atoms with Gasteiger partial charge in [-0.15, -0.1) is 0 Å². The number of carbonyl (C=O) groups excluding carboxylic acids is 4. The summed E-state index contributed by atoms with van der Waals surface area (Å²) in [5.74, 6) is -0.165. The van der Waals surface area contributed by atoms with E-state index in [1.165, 1.54) is 0 Å². The maximum Gasteiger partial charge on any atom is 0.220 e. The van der Waals surface area contributed by atoms with Crippen LogP contribution in [0.4, 0.5) is 0 Å². The van der Waals surface area contributed by atoms with E-state index in [2.05, 4.69) is 49.5 Å². The normalized spacial score (nSPS) is 23.6. The summed E-state index contributed by atoms with van der Waals surface area (Å²) >= 11 is 0. The van der Waals surface area contributed by atoms with Gasteiger partial charge in [0, 0.05) is 25.7 Å². The molecule has 1 aliphatic rings. The summed E-state index contributed by atoms with van der Waals surface area (Å²) < 4.78 is 1.33. The number of rotatable bonds is 0. The van der Waals surface area contributed by atoms with Crippen LogP contribution in [0.15, 0.2) is 0 Å². The molecule has 0 bridgehead atoms. The van der Waals surface area contributed by atoms with Crippen LogP contribution in [0.2, 0.25) is 0 Å². The number of carbonyl (C=O) groups is 4. The zero-order valence-corrected chi connectivity index (χ0v) is 20.4. The van der Waals surface area contributed by atoms with Gasteiger partial charge in [-0.25, -0.2) is 0 Å². The molecule has 10 heteroatoms. The van der Waals surface area contributed by atoms with Crippen molar-refractivity contribution in [3.8, 4) is 0 Å². The van der Waals surface area contributed by atoms with Gasteiger partial charge in [-0.05, 0) is 12.8 Å². The lowest BCUT2D eigenvalue weighted by Crippen LogP contribution is -2.49. The zero-order valence-electron chi connectivity index (χ0n) is 20.4. The first-order chi connectivity index (χ1) is 15.0. The highest BCUT2D eigenvalue weighted by Crippen LogP contribution is 2.00. The Morgan fingerprint density at radius 3 is 0.906 bits per heavy atom. The number of nitrogens with zero attached hydrogens (tertiary/aromatic N) is 2. The average Bonchev–Trinajstić information content (AvgIpc) is 2.66. The number of quaternary nitrogens is 2. The molecule has 1 heterocycles. The Labute approximate surface area is 192 Å². The Morgan fingerprint density at radius 2 is 0.688 bits per heavy atom. The molecule has 10 nitrogen and oxygen atoms in total. The molecule has 0 atom stereocenters. The molecule has 0 radical (unpaired) electrons. The van der Waals surface area contributed by atoms with Crippen LogP contribution in [0.3, 0.4) is 0 Å². The fourth-order valence-electron chi connectivity index (χ4n) is 3.39. The summed E-state index contributed by atoms with van der Waals surface area (Å²) in [6.45, 7) is 5.18. The van der Waals surface area contributed by atoms with E-state index in [0.717, 1.165) is 26.2 Å². The summed E-state index contributed by atoms with van der Waals surface area (Å²) in [5, 5.41) is 11.7. The maximum atomic E-state index is 12.0. The predicted octanol–water partition coefficient (Wildman–Crippen LogP) is -1.04. The smallest absolute Gasteiger partial charge is 0.220 e. The minimum atomic E-state index is -0.0413. The Bertz CT molecular complexity index is 534. The lowest BCUT2D eigenvalue weighted by atomic mass is 10.2. The van der Waals surface area contributed by atoms with Crippen LogP contribution in [0.25, 0.3) is 0 Å². The van der Waals surface area contributed by atoms with Crippen molar-refractivity contribution < 1.29 is 28.1 Å². The molecule has 4 N–H and O–H groups in total. The number of nitrogens with one attached hydrogen (secondary N) is 4. The standard InChI is InChI=1S/C22H42N6O4/c1-27(2)15-11-23-19(29)7-5-9-21(31)25-13-17-28(3,4)18-14-26-22(32)10-6-8-20(30)24-12-16-27/h5-18H2,1-4H3,(H2-2,23,24,25,26,29,30,31,32)/p+2. The van der Waals surface area contributed by atoms with Gasteiger partial charge in [-0.3, -0.25) is 19.2 Å². The van der Waals surface area contributed by atoms with E-state index in [4.69, 9.17) is 0 Å². The van der Waals surface area contributed by atoms with E-state index in [9.17, 15) is 19.2 Å². The summed E-state index contributed by atoms with van der Waals surface area (Å²) in [6, 6.07) is 0. The van der Waals surface area contributed by atoms with Gasteiger partial charge in [0.25, 0.3) is 0 Å². The molecule has 0 aromatic carbocycles. The Morgan fingerprint density at radius 1 is 0.469 bits per heavy atom. The third-order valence-corrected chi connectivity index (χ3v) is 5.77. The van der Waals surface area contributed by atoms with E-state index < -0.39 is 0 Å². The quantitative estimate of drug-likeness (QED) is 0.348. The second-order valence-electron chi connectivity index (χ2n) is 9.87. The minimum Gasteiger partial charge on any atom is -0.350 e. The fourth-order valence-corrected chi connectivity index (χ4v) is 3.39. The second-order valence-corrected chi connectivity index (χ2v) is 9.87. The fraction of sp³-hybridized carbons (Fsp3) is 0.818. The van der Waals surface area contributed by atoms with Crippen molar-refractivity contribution in [1.29, 1.82) is 0 Å². The molecule has 184 valence electrons. The molecule has 1 aliphatic heterocycles. The summed E-state index contributed by atoms with van der Waals surface area (Å²) in [4.78, 5) is 48.1. The van der Waals surface area contributed by atoms with Gasteiger partial charge in [-0.2, -0.15) is 0 Å².